The second-order valence-electron chi connectivity index (χ2n) is 10.6. The Balaban J connectivity index is 1.60. The molecule has 180 valence electrons. The molecule has 0 spiro atoms. The maximum absolute atomic E-state index is 12.5. The van der Waals surface area contributed by atoms with E-state index in [1.807, 2.05) is 37.3 Å². The van der Waals surface area contributed by atoms with Gasteiger partial charge in [0, 0.05) is 23.0 Å². The van der Waals surface area contributed by atoms with Crippen LogP contribution in [0.2, 0.25) is 5.02 Å². The number of aliphatic hydroxyl groups excluding tert-OH is 2. The fraction of sp³-hybridized carbons (Fsp3) is 0.593. The maximum atomic E-state index is 12.5. The van der Waals surface area contributed by atoms with Crippen LogP contribution < -0.4 is 5.32 Å². The van der Waals surface area contributed by atoms with Crippen molar-refractivity contribution in [3.05, 3.63) is 58.7 Å². The molecule has 3 N–H and O–H groups in total. The first-order valence-electron chi connectivity index (χ1n) is 12.0. The molecule has 33 heavy (non-hydrogen) atoms. The summed E-state index contributed by atoms with van der Waals surface area (Å²) < 4.78 is 5.25. The van der Waals surface area contributed by atoms with Crippen molar-refractivity contribution < 1.29 is 19.7 Å². The molecule has 1 aromatic rings. The van der Waals surface area contributed by atoms with Gasteiger partial charge in [0.15, 0.2) is 0 Å². The number of fused-ring (bicyclic) bond motifs is 1. The largest absolute Gasteiger partial charge is 0.458 e. The van der Waals surface area contributed by atoms with Gasteiger partial charge in [0.2, 0.25) is 0 Å². The molecule has 6 heteroatoms. The highest BCUT2D eigenvalue weighted by molar-refractivity contribution is 6.30. The van der Waals surface area contributed by atoms with Crippen molar-refractivity contribution in [3.8, 4) is 0 Å². The first-order valence-corrected chi connectivity index (χ1v) is 12.4. The number of ether oxygens (including phenoxy) is 1. The molecular weight excluding hydrogens is 438 g/mol. The minimum atomic E-state index is -0.524. The Hall–Kier alpha value is -1.66. The summed E-state index contributed by atoms with van der Waals surface area (Å²) in [4.78, 5) is 12.5. The Kier molecular flexibility index (Phi) is 7.07. The number of benzene rings is 1. The fourth-order valence-corrected chi connectivity index (χ4v) is 6.82. The lowest BCUT2D eigenvalue weighted by Crippen LogP contribution is -2.58. The van der Waals surface area contributed by atoms with Gasteiger partial charge in [0.25, 0.3) is 0 Å². The minimum absolute atomic E-state index is 0.0245. The van der Waals surface area contributed by atoms with E-state index in [9.17, 15) is 15.0 Å². The van der Waals surface area contributed by atoms with E-state index in [4.69, 9.17) is 16.3 Å². The summed E-state index contributed by atoms with van der Waals surface area (Å²) >= 11 is 6.03. The van der Waals surface area contributed by atoms with Gasteiger partial charge >= 0.3 is 5.97 Å². The van der Waals surface area contributed by atoms with E-state index in [0.717, 1.165) is 31.2 Å². The number of esters is 1. The van der Waals surface area contributed by atoms with Crippen molar-refractivity contribution in [2.75, 3.05) is 13.2 Å². The van der Waals surface area contributed by atoms with Crippen molar-refractivity contribution in [2.45, 2.75) is 64.6 Å². The monoisotopic (exact) mass is 473 g/mol. The molecule has 1 heterocycles. The predicted octanol–water partition coefficient (Wildman–Crippen LogP) is 4.41. The zero-order valence-electron chi connectivity index (χ0n) is 19.6. The molecule has 2 fully saturated rings. The molecule has 0 radical (unpaired) electrons. The zero-order chi connectivity index (χ0) is 23.8. The van der Waals surface area contributed by atoms with Crippen molar-refractivity contribution in [1.82, 2.24) is 5.32 Å². The molecular formula is C27H36ClNO4. The van der Waals surface area contributed by atoms with Gasteiger partial charge < -0.3 is 20.3 Å². The number of hydrogen-bond donors (Lipinski definition) is 3. The SMILES string of the molecule is C=C1CCC2[C@](C)(CC[C@@H](O)[C@@]2(C)CO)C1CC(NCc1ccc(Cl)cc1)C1=CCOC1=O. The van der Waals surface area contributed by atoms with Crippen LogP contribution in [0, 0.1) is 22.7 Å². The van der Waals surface area contributed by atoms with E-state index < -0.39 is 11.5 Å². The number of carbonyl (C=O) groups excluding carboxylic acids is 1. The third-order valence-electron chi connectivity index (χ3n) is 8.76. The molecule has 3 unspecified atom stereocenters. The third kappa shape index (κ3) is 4.53. The molecule has 0 aromatic heterocycles. The first-order chi connectivity index (χ1) is 15.7. The van der Waals surface area contributed by atoms with E-state index in [1.165, 1.54) is 5.57 Å². The number of halogens is 1. The highest BCUT2D eigenvalue weighted by atomic mass is 35.5. The summed E-state index contributed by atoms with van der Waals surface area (Å²) in [6, 6.07) is 7.54. The van der Waals surface area contributed by atoms with Gasteiger partial charge in [-0.2, -0.15) is 0 Å². The molecule has 0 saturated heterocycles. The van der Waals surface area contributed by atoms with Crippen LogP contribution in [-0.2, 0) is 16.1 Å². The Morgan fingerprint density at radius 1 is 1.27 bits per heavy atom. The number of allylic oxidation sites excluding steroid dienone is 1. The van der Waals surface area contributed by atoms with Crippen LogP contribution in [0.3, 0.4) is 0 Å². The molecule has 0 bridgehead atoms. The summed E-state index contributed by atoms with van der Waals surface area (Å²) in [5.41, 5.74) is 2.36. The molecule has 1 aliphatic heterocycles. The molecule has 0 amide bonds. The first kappa shape index (κ1) is 24.5. The average Bonchev–Trinajstić information content (AvgIpc) is 3.22. The second-order valence-corrected chi connectivity index (χ2v) is 11.0. The standard InChI is InChI=1S/C27H36ClNO4/c1-17-4-9-23-26(2,12-10-24(31)27(23,3)16-30)21(17)14-22(20-11-13-33-25(20)32)29-15-18-5-7-19(28)8-6-18/h5-8,11,21-24,29-31H,1,4,9-10,12-16H2,2-3H3/t21?,22?,23?,24-,26-,27+/m1/s1. The van der Waals surface area contributed by atoms with Gasteiger partial charge in [-0.05, 0) is 73.1 Å². The van der Waals surface area contributed by atoms with Crippen molar-refractivity contribution in [3.63, 3.8) is 0 Å². The Morgan fingerprint density at radius 3 is 2.64 bits per heavy atom. The highest BCUT2D eigenvalue weighted by Crippen LogP contribution is 2.61. The lowest BCUT2D eigenvalue weighted by Gasteiger charge is -2.60. The highest BCUT2D eigenvalue weighted by Gasteiger charge is 2.57. The van der Waals surface area contributed by atoms with Crippen molar-refractivity contribution in [1.29, 1.82) is 0 Å². The zero-order valence-corrected chi connectivity index (χ0v) is 20.4. The van der Waals surface area contributed by atoms with Gasteiger partial charge in [-0.3, -0.25) is 0 Å². The topological polar surface area (TPSA) is 78.8 Å². The van der Waals surface area contributed by atoms with Gasteiger partial charge in [0.05, 0.1) is 18.3 Å². The molecule has 2 aliphatic carbocycles. The molecule has 4 rings (SSSR count). The number of cyclic esters (lactones) is 1. The van der Waals surface area contributed by atoms with E-state index in [2.05, 4.69) is 18.8 Å². The molecule has 6 atom stereocenters. The minimum Gasteiger partial charge on any atom is -0.458 e. The molecule has 3 aliphatic rings. The van der Waals surface area contributed by atoms with Crippen molar-refractivity contribution >= 4 is 17.6 Å². The number of rotatable bonds is 7. The van der Waals surface area contributed by atoms with Crippen LogP contribution >= 0.6 is 11.6 Å². The van der Waals surface area contributed by atoms with Crippen LogP contribution in [0.25, 0.3) is 0 Å². The third-order valence-corrected chi connectivity index (χ3v) is 9.01. The number of aliphatic hydroxyl groups is 2. The van der Waals surface area contributed by atoms with E-state index in [-0.39, 0.29) is 35.9 Å². The molecule has 5 nitrogen and oxygen atoms in total. The Morgan fingerprint density at radius 2 is 2.00 bits per heavy atom. The Bertz CT molecular complexity index is 929. The van der Waals surface area contributed by atoms with E-state index >= 15 is 0 Å². The molecule has 2 saturated carbocycles. The normalized spacial score (nSPS) is 35.1. The average molecular weight is 474 g/mol. The quantitative estimate of drug-likeness (QED) is 0.403. The van der Waals surface area contributed by atoms with Crippen LogP contribution in [-0.4, -0.2) is 41.5 Å². The van der Waals surface area contributed by atoms with Gasteiger partial charge in [-0.25, -0.2) is 4.79 Å². The maximum Gasteiger partial charge on any atom is 0.335 e. The molecule has 1 aromatic carbocycles. The van der Waals surface area contributed by atoms with Gasteiger partial charge in [-0.1, -0.05) is 49.7 Å². The van der Waals surface area contributed by atoms with Gasteiger partial charge in [-0.15, -0.1) is 0 Å². The van der Waals surface area contributed by atoms with Crippen LogP contribution in [0.5, 0.6) is 0 Å². The smallest absolute Gasteiger partial charge is 0.335 e. The number of carbonyl (C=O) groups is 1. The summed E-state index contributed by atoms with van der Waals surface area (Å²) in [6.07, 6.45) is 5.47. The number of hydrogen-bond acceptors (Lipinski definition) is 5. The summed E-state index contributed by atoms with van der Waals surface area (Å²) in [7, 11) is 0. The van der Waals surface area contributed by atoms with Crippen LogP contribution in [0.15, 0.2) is 48.1 Å². The number of nitrogens with one attached hydrogen (secondary N) is 1. The van der Waals surface area contributed by atoms with Crippen molar-refractivity contribution in [2.24, 2.45) is 22.7 Å². The summed E-state index contributed by atoms with van der Waals surface area (Å²) in [5, 5.41) is 25.3. The Labute approximate surface area is 201 Å². The summed E-state index contributed by atoms with van der Waals surface area (Å²) in [5.74, 6) is 0.105. The predicted molar refractivity (Wildman–Crippen MR) is 130 cm³/mol. The van der Waals surface area contributed by atoms with Gasteiger partial charge in [0.1, 0.15) is 6.61 Å². The van der Waals surface area contributed by atoms with E-state index in [1.54, 1.807) is 0 Å². The van der Waals surface area contributed by atoms with Crippen LogP contribution in [0.1, 0.15) is 51.5 Å². The van der Waals surface area contributed by atoms with E-state index in [0.29, 0.717) is 30.2 Å². The lowest BCUT2D eigenvalue weighted by molar-refractivity contribution is -0.153. The summed E-state index contributed by atoms with van der Waals surface area (Å²) in [6.45, 7) is 9.67. The van der Waals surface area contributed by atoms with Crippen LogP contribution in [0.4, 0.5) is 0 Å². The lowest BCUT2D eigenvalue weighted by atomic mass is 9.46. The fourth-order valence-electron chi connectivity index (χ4n) is 6.69. The second kappa shape index (κ2) is 9.53.